The van der Waals surface area contributed by atoms with Gasteiger partial charge >= 0.3 is 0 Å². The average Bonchev–Trinajstić information content (AvgIpc) is 3.23. The Bertz CT molecular complexity index is 1870. The average molecular weight is 719 g/mol. The highest BCUT2D eigenvalue weighted by Gasteiger charge is 2.03. The van der Waals surface area contributed by atoms with E-state index >= 15 is 0 Å². The second-order valence-corrected chi connectivity index (χ2v) is 12.6. The molecule has 274 valence electrons. The summed E-state index contributed by atoms with van der Waals surface area (Å²) >= 11 is 0. The third kappa shape index (κ3) is 13.0. The normalized spacial score (nSPS) is 11.2. The summed E-state index contributed by atoms with van der Waals surface area (Å²) in [6.45, 7) is 2.77. The van der Waals surface area contributed by atoms with Crippen LogP contribution in [-0.4, -0.2) is 46.4 Å². The Labute approximate surface area is 318 Å². The van der Waals surface area contributed by atoms with Crippen LogP contribution < -0.4 is 18.9 Å². The van der Waals surface area contributed by atoms with Gasteiger partial charge in [-0.05, 0) is 134 Å². The summed E-state index contributed by atoms with van der Waals surface area (Å²) in [6, 6.07) is 31.9. The molecule has 6 rings (SSSR count). The summed E-state index contributed by atoms with van der Waals surface area (Å²) in [5, 5.41) is 0. The van der Waals surface area contributed by atoms with Crippen LogP contribution in [0.2, 0.25) is 0 Å². The molecule has 0 fully saturated rings. The zero-order valence-electron chi connectivity index (χ0n) is 30.5. The van der Waals surface area contributed by atoms with Crippen molar-refractivity contribution in [3.05, 3.63) is 156 Å². The van der Waals surface area contributed by atoms with E-state index in [4.69, 9.17) is 18.9 Å². The highest BCUT2D eigenvalue weighted by atomic mass is 16.5. The van der Waals surface area contributed by atoms with Crippen molar-refractivity contribution in [3.63, 3.8) is 0 Å². The van der Waals surface area contributed by atoms with Gasteiger partial charge in [-0.1, -0.05) is 48.6 Å². The van der Waals surface area contributed by atoms with E-state index in [1.54, 1.807) is 24.8 Å². The molecule has 0 atom stereocenters. The molecule has 4 heterocycles. The number of benzene rings is 2. The van der Waals surface area contributed by atoms with E-state index < -0.39 is 0 Å². The minimum absolute atomic E-state index is 0.685. The van der Waals surface area contributed by atoms with Crippen molar-refractivity contribution in [1.29, 1.82) is 0 Å². The highest BCUT2D eigenvalue weighted by Crippen LogP contribution is 2.21. The lowest BCUT2D eigenvalue weighted by Gasteiger charge is -2.07. The van der Waals surface area contributed by atoms with Crippen LogP contribution in [0, 0.1) is 0 Å². The first-order valence-corrected chi connectivity index (χ1v) is 18.6. The maximum absolute atomic E-state index is 5.94. The smallest absolute Gasteiger partial charge is 0.122 e. The predicted octanol–water partition coefficient (Wildman–Crippen LogP) is 10.5. The summed E-state index contributed by atoms with van der Waals surface area (Å²) in [5.41, 5.74) is 5.93. The zero-order chi connectivity index (χ0) is 36.9. The van der Waals surface area contributed by atoms with Gasteiger partial charge in [-0.25, -0.2) is 0 Å². The fourth-order valence-electron chi connectivity index (χ4n) is 5.51. The molecule has 0 spiro atoms. The zero-order valence-corrected chi connectivity index (χ0v) is 30.5. The van der Waals surface area contributed by atoms with E-state index in [9.17, 15) is 0 Å². The van der Waals surface area contributed by atoms with Gasteiger partial charge in [-0.3, -0.25) is 19.9 Å². The fourth-order valence-corrected chi connectivity index (χ4v) is 5.51. The van der Waals surface area contributed by atoms with Gasteiger partial charge in [0, 0.05) is 37.2 Å². The van der Waals surface area contributed by atoms with Crippen LogP contribution in [0.3, 0.4) is 0 Å². The second-order valence-electron chi connectivity index (χ2n) is 12.6. The van der Waals surface area contributed by atoms with Crippen molar-refractivity contribution in [2.45, 2.75) is 38.5 Å². The number of hydrogen-bond acceptors (Lipinski definition) is 8. The largest absolute Gasteiger partial charge is 0.494 e. The van der Waals surface area contributed by atoms with Gasteiger partial charge in [0.1, 0.15) is 23.0 Å². The van der Waals surface area contributed by atoms with Crippen LogP contribution in [0.5, 0.6) is 23.0 Å². The summed E-state index contributed by atoms with van der Waals surface area (Å²) in [6.07, 6.45) is 25.0. The monoisotopic (exact) mass is 718 g/mol. The molecular weight excluding hydrogens is 673 g/mol. The van der Waals surface area contributed by atoms with Crippen molar-refractivity contribution < 1.29 is 18.9 Å². The Morgan fingerprint density at radius 1 is 0.333 bits per heavy atom. The minimum Gasteiger partial charge on any atom is -0.494 e. The molecule has 0 saturated carbocycles. The van der Waals surface area contributed by atoms with E-state index in [2.05, 4.69) is 80.6 Å². The van der Waals surface area contributed by atoms with Gasteiger partial charge in [-0.2, -0.15) is 0 Å². The minimum atomic E-state index is 0.685. The molecule has 8 nitrogen and oxygen atoms in total. The van der Waals surface area contributed by atoms with Gasteiger partial charge < -0.3 is 18.9 Å². The molecule has 0 amide bonds. The summed E-state index contributed by atoms with van der Waals surface area (Å²) < 4.78 is 23.3. The lowest BCUT2D eigenvalue weighted by molar-refractivity contribution is 0.279. The molecule has 4 aromatic heterocycles. The van der Waals surface area contributed by atoms with Crippen LogP contribution in [-0.2, 0) is 0 Å². The predicted molar refractivity (Wildman–Crippen MR) is 216 cm³/mol. The molecule has 0 aliphatic heterocycles. The number of hydrogen-bond donors (Lipinski definition) is 0. The Morgan fingerprint density at radius 2 is 0.667 bits per heavy atom. The third-order valence-electron chi connectivity index (χ3n) is 8.48. The fraction of sp³-hybridized carbons (Fsp3) is 0.217. The number of nitrogens with zero attached hydrogens (tertiary/aromatic N) is 4. The molecule has 0 N–H and O–H groups in total. The Balaban J connectivity index is 0.904. The first-order valence-electron chi connectivity index (χ1n) is 18.6. The molecular formula is C46H46N4O4. The molecule has 6 aromatic rings. The van der Waals surface area contributed by atoms with E-state index in [0.29, 0.717) is 26.4 Å². The molecule has 2 aromatic carbocycles. The van der Waals surface area contributed by atoms with Gasteiger partial charge in [0.25, 0.3) is 0 Å². The van der Waals surface area contributed by atoms with E-state index in [1.807, 2.05) is 73.1 Å². The van der Waals surface area contributed by atoms with E-state index in [-0.39, 0.29) is 0 Å². The third-order valence-corrected chi connectivity index (χ3v) is 8.48. The van der Waals surface area contributed by atoms with Crippen molar-refractivity contribution in [1.82, 2.24) is 19.9 Å². The molecule has 0 bridgehead atoms. The number of aromatic nitrogens is 4. The van der Waals surface area contributed by atoms with Crippen molar-refractivity contribution in [3.8, 4) is 34.4 Å². The van der Waals surface area contributed by atoms with Crippen molar-refractivity contribution >= 4 is 24.3 Å². The standard InChI is InChI=1S/C46H46N4O4/c1(5-33-53-43-21-25-47-26-22-43)3-31-51-41-15-11-37(12-16-41)7-9-39-19-29-49-45(35-39)46-36-40(20-30-50-46)10-8-38-13-17-42(18-14-38)52-32-4-2-6-34-54-44-23-27-48-28-24-44/h7-30,35-36H,1-6,31-34H2/b9-7+,10-8+. The lowest BCUT2D eigenvalue weighted by Crippen LogP contribution is -2.01. The molecule has 8 heteroatoms. The molecule has 54 heavy (non-hydrogen) atoms. The number of pyridine rings is 4. The highest BCUT2D eigenvalue weighted by molar-refractivity contribution is 5.74. The number of unbranched alkanes of at least 4 members (excludes halogenated alkanes) is 4. The molecule has 0 saturated heterocycles. The molecule has 0 radical (unpaired) electrons. The number of ether oxygens (including phenoxy) is 4. The van der Waals surface area contributed by atoms with Gasteiger partial charge in [0.2, 0.25) is 0 Å². The van der Waals surface area contributed by atoms with Crippen LogP contribution >= 0.6 is 0 Å². The Morgan fingerprint density at radius 3 is 1.04 bits per heavy atom. The summed E-state index contributed by atoms with van der Waals surface area (Å²) in [7, 11) is 0. The summed E-state index contributed by atoms with van der Waals surface area (Å²) in [5.74, 6) is 3.47. The van der Waals surface area contributed by atoms with Crippen LogP contribution in [0.25, 0.3) is 35.7 Å². The lowest BCUT2D eigenvalue weighted by atomic mass is 10.1. The maximum Gasteiger partial charge on any atom is 0.122 e. The topological polar surface area (TPSA) is 88.5 Å². The van der Waals surface area contributed by atoms with Gasteiger partial charge in [-0.15, -0.1) is 0 Å². The molecule has 0 aliphatic carbocycles. The second kappa shape index (κ2) is 21.3. The van der Waals surface area contributed by atoms with Crippen LogP contribution in [0.15, 0.2) is 134 Å². The Kier molecular flexibility index (Phi) is 14.8. The van der Waals surface area contributed by atoms with E-state index in [0.717, 1.165) is 95.2 Å². The quantitative estimate of drug-likeness (QED) is 0.0680. The SMILES string of the molecule is C(=C\c1ccnc(-c2cc(/C=C/c3ccc(OCCCCCOc4ccncc4)cc3)ccn2)c1)/c1ccc(OCCCCCOc2ccncc2)cc1. The first-order chi connectivity index (χ1) is 26.8. The van der Waals surface area contributed by atoms with Crippen molar-refractivity contribution in [2.75, 3.05) is 26.4 Å². The van der Waals surface area contributed by atoms with Crippen LogP contribution in [0.4, 0.5) is 0 Å². The number of rotatable bonds is 21. The maximum atomic E-state index is 5.94. The van der Waals surface area contributed by atoms with E-state index in [1.165, 1.54) is 0 Å². The van der Waals surface area contributed by atoms with Gasteiger partial charge in [0.05, 0.1) is 37.8 Å². The van der Waals surface area contributed by atoms with Gasteiger partial charge in [0.15, 0.2) is 0 Å². The summed E-state index contributed by atoms with van der Waals surface area (Å²) in [4.78, 5) is 17.2. The first kappa shape index (κ1) is 37.5. The molecule has 0 aliphatic rings. The van der Waals surface area contributed by atoms with Crippen molar-refractivity contribution in [2.24, 2.45) is 0 Å². The molecule has 0 unspecified atom stereocenters. The Hall–Kier alpha value is -6.28. The van der Waals surface area contributed by atoms with Crippen LogP contribution in [0.1, 0.15) is 60.8 Å².